The molecule has 0 spiro atoms. The highest BCUT2D eigenvalue weighted by Crippen LogP contribution is 2.24. The van der Waals surface area contributed by atoms with Crippen LogP contribution in [-0.2, 0) is 24.0 Å². The van der Waals surface area contributed by atoms with Crippen LogP contribution in [0.3, 0.4) is 0 Å². The van der Waals surface area contributed by atoms with Gasteiger partial charge in [0.15, 0.2) is 5.78 Å². The standard InChI is InChI=1S/C29H32N4O6/c1-16(2)25(26(36)24-17(3)28(38)33-29(24)39)32-23(35)15-21(19-7-5-4-6-8-19)31-22(34)14-11-18-9-12-20(13-10-18)27(30)37/h4-14,16-17,21,24-25H,15H2,1-3H3,(H2,30,37)(H,31,34)(H,32,35)(H,33,38,39)/b14-11+/t17-,21-,24+,25-/m0/s1. The van der Waals surface area contributed by atoms with Gasteiger partial charge in [-0.05, 0) is 35.3 Å². The lowest BCUT2D eigenvalue weighted by molar-refractivity contribution is -0.137. The molecule has 10 heteroatoms. The third-order valence-electron chi connectivity index (χ3n) is 6.57. The number of ketones is 1. The first-order valence-corrected chi connectivity index (χ1v) is 12.6. The third kappa shape index (κ3) is 7.47. The molecule has 0 bridgehead atoms. The van der Waals surface area contributed by atoms with Crippen LogP contribution in [-0.4, -0.2) is 41.4 Å². The lowest BCUT2D eigenvalue weighted by atomic mass is 9.85. The average Bonchev–Trinajstić information content (AvgIpc) is 3.16. The van der Waals surface area contributed by atoms with Crippen LogP contribution in [0.5, 0.6) is 0 Å². The summed E-state index contributed by atoms with van der Waals surface area (Å²) in [5, 5.41) is 7.69. The highest BCUT2D eigenvalue weighted by Gasteiger charge is 2.46. The van der Waals surface area contributed by atoms with Crippen molar-refractivity contribution in [2.24, 2.45) is 23.5 Å². The SMILES string of the molecule is CC(C)[C@H](NC(=O)C[C@H](NC(=O)/C=C/c1ccc(C(N)=O)cc1)c1ccccc1)C(=O)[C@@H]1C(=O)NC(=O)[C@H]1C. The summed E-state index contributed by atoms with van der Waals surface area (Å²) >= 11 is 0. The number of primary amides is 1. The van der Waals surface area contributed by atoms with Gasteiger partial charge in [0.1, 0.15) is 5.92 Å². The smallest absolute Gasteiger partial charge is 0.248 e. The Kier molecular flexibility index (Phi) is 9.48. The molecule has 3 rings (SSSR count). The number of hydrogen-bond donors (Lipinski definition) is 4. The van der Waals surface area contributed by atoms with Crippen molar-refractivity contribution in [1.29, 1.82) is 0 Å². The molecule has 1 aliphatic rings. The predicted molar refractivity (Wildman–Crippen MR) is 144 cm³/mol. The van der Waals surface area contributed by atoms with Gasteiger partial charge in [-0.1, -0.05) is 63.2 Å². The molecule has 0 unspecified atom stereocenters. The molecule has 1 aliphatic heterocycles. The van der Waals surface area contributed by atoms with E-state index in [9.17, 15) is 28.8 Å². The van der Waals surface area contributed by atoms with E-state index in [4.69, 9.17) is 5.73 Å². The van der Waals surface area contributed by atoms with E-state index < -0.39 is 59.2 Å². The van der Waals surface area contributed by atoms with Crippen molar-refractivity contribution in [3.8, 4) is 0 Å². The zero-order valence-electron chi connectivity index (χ0n) is 22.0. The molecule has 39 heavy (non-hydrogen) atoms. The fraction of sp³-hybridized carbons (Fsp3) is 0.310. The van der Waals surface area contributed by atoms with Crippen molar-refractivity contribution in [1.82, 2.24) is 16.0 Å². The minimum atomic E-state index is -1.17. The number of rotatable bonds is 11. The van der Waals surface area contributed by atoms with Crippen molar-refractivity contribution in [2.75, 3.05) is 0 Å². The van der Waals surface area contributed by atoms with Crippen LogP contribution in [0.1, 0.15) is 54.7 Å². The minimum Gasteiger partial charge on any atom is -0.366 e. The molecule has 2 aromatic rings. The number of benzene rings is 2. The number of hydrogen-bond acceptors (Lipinski definition) is 6. The molecule has 204 valence electrons. The van der Waals surface area contributed by atoms with Gasteiger partial charge >= 0.3 is 0 Å². The maximum Gasteiger partial charge on any atom is 0.248 e. The van der Waals surface area contributed by atoms with Crippen LogP contribution in [0.15, 0.2) is 60.7 Å². The lowest BCUT2D eigenvalue weighted by Crippen LogP contribution is -2.49. The number of amides is 5. The van der Waals surface area contributed by atoms with Crippen LogP contribution in [0.25, 0.3) is 6.08 Å². The summed E-state index contributed by atoms with van der Waals surface area (Å²) in [4.78, 5) is 74.3. The van der Waals surface area contributed by atoms with Crippen LogP contribution in [0.4, 0.5) is 0 Å². The van der Waals surface area contributed by atoms with Crippen molar-refractivity contribution in [3.05, 3.63) is 77.4 Å². The summed E-state index contributed by atoms with van der Waals surface area (Å²) in [6, 6.07) is 13.6. The summed E-state index contributed by atoms with van der Waals surface area (Å²) in [5.74, 6) is -5.55. The Morgan fingerprint density at radius 2 is 1.59 bits per heavy atom. The first kappa shape index (κ1) is 29.0. The monoisotopic (exact) mass is 532 g/mol. The van der Waals surface area contributed by atoms with Gasteiger partial charge in [0, 0.05) is 11.6 Å². The number of nitrogens with two attached hydrogens (primary N) is 1. The summed E-state index contributed by atoms with van der Waals surface area (Å²) < 4.78 is 0. The number of carbonyl (C=O) groups is 6. The van der Waals surface area contributed by atoms with Gasteiger partial charge < -0.3 is 16.4 Å². The van der Waals surface area contributed by atoms with E-state index in [-0.39, 0.29) is 12.3 Å². The van der Waals surface area contributed by atoms with E-state index in [2.05, 4.69) is 16.0 Å². The van der Waals surface area contributed by atoms with E-state index in [0.717, 1.165) is 0 Å². The van der Waals surface area contributed by atoms with Gasteiger partial charge in [-0.3, -0.25) is 34.1 Å². The maximum atomic E-state index is 13.2. The van der Waals surface area contributed by atoms with Crippen molar-refractivity contribution in [3.63, 3.8) is 0 Å². The lowest BCUT2D eigenvalue weighted by Gasteiger charge is -2.25. The first-order chi connectivity index (χ1) is 18.5. The second-order valence-corrected chi connectivity index (χ2v) is 9.81. The van der Waals surface area contributed by atoms with Gasteiger partial charge in [0.05, 0.1) is 24.4 Å². The molecule has 5 N–H and O–H groups in total. The molecule has 10 nitrogen and oxygen atoms in total. The molecule has 0 saturated carbocycles. The number of nitrogens with one attached hydrogen (secondary N) is 3. The summed E-state index contributed by atoms with van der Waals surface area (Å²) in [6.07, 6.45) is 2.70. The normalized spacial score (nSPS) is 18.5. The van der Waals surface area contributed by atoms with E-state index >= 15 is 0 Å². The second kappa shape index (κ2) is 12.8. The summed E-state index contributed by atoms with van der Waals surface area (Å²) in [5.41, 5.74) is 6.95. The third-order valence-corrected chi connectivity index (χ3v) is 6.57. The fourth-order valence-electron chi connectivity index (χ4n) is 4.33. The molecule has 2 aromatic carbocycles. The van der Waals surface area contributed by atoms with Crippen molar-refractivity contribution >= 4 is 41.4 Å². The quantitative estimate of drug-likeness (QED) is 0.195. The number of imide groups is 1. The van der Waals surface area contributed by atoms with Crippen molar-refractivity contribution < 1.29 is 28.8 Å². The van der Waals surface area contributed by atoms with Crippen LogP contribution in [0, 0.1) is 17.8 Å². The molecule has 0 radical (unpaired) electrons. The molecular weight excluding hydrogens is 500 g/mol. The Bertz CT molecular complexity index is 1290. The molecule has 0 aromatic heterocycles. The van der Waals surface area contributed by atoms with E-state index in [0.29, 0.717) is 16.7 Å². The maximum absolute atomic E-state index is 13.2. The highest BCUT2D eigenvalue weighted by atomic mass is 16.2. The Morgan fingerprint density at radius 3 is 2.13 bits per heavy atom. The topological polar surface area (TPSA) is 165 Å². The van der Waals surface area contributed by atoms with Gasteiger partial charge in [0.25, 0.3) is 0 Å². The largest absolute Gasteiger partial charge is 0.366 e. The molecule has 1 saturated heterocycles. The van der Waals surface area contributed by atoms with Gasteiger partial charge in [-0.15, -0.1) is 0 Å². The average molecular weight is 533 g/mol. The zero-order chi connectivity index (χ0) is 28.7. The van der Waals surface area contributed by atoms with E-state index in [1.54, 1.807) is 74.5 Å². The van der Waals surface area contributed by atoms with Gasteiger partial charge in [-0.25, -0.2) is 0 Å². The zero-order valence-corrected chi connectivity index (χ0v) is 22.0. The number of carbonyl (C=O) groups excluding carboxylic acids is 6. The molecule has 1 heterocycles. The molecular formula is C29H32N4O6. The fourth-order valence-corrected chi connectivity index (χ4v) is 4.33. The summed E-state index contributed by atoms with van der Waals surface area (Å²) in [7, 11) is 0. The second-order valence-electron chi connectivity index (χ2n) is 9.81. The van der Waals surface area contributed by atoms with Gasteiger partial charge in [0.2, 0.25) is 29.5 Å². The predicted octanol–water partition coefficient (Wildman–Crippen LogP) is 1.66. The molecule has 0 aliphatic carbocycles. The Morgan fingerprint density at radius 1 is 0.949 bits per heavy atom. The summed E-state index contributed by atoms with van der Waals surface area (Å²) in [6.45, 7) is 4.97. The van der Waals surface area contributed by atoms with E-state index in [1.807, 2.05) is 0 Å². The van der Waals surface area contributed by atoms with Crippen LogP contribution < -0.4 is 21.7 Å². The Labute approximate surface area is 226 Å². The number of Topliss-reactive ketones (excluding diaryl/α,β-unsaturated/α-hetero) is 1. The Hall–Kier alpha value is -4.60. The molecule has 4 atom stereocenters. The van der Waals surface area contributed by atoms with E-state index in [1.165, 1.54) is 13.0 Å². The van der Waals surface area contributed by atoms with Crippen LogP contribution in [0.2, 0.25) is 0 Å². The van der Waals surface area contributed by atoms with Crippen molar-refractivity contribution in [2.45, 2.75) is 39.3 Å². The van der Waals surface area contributed by atoms with Gasteiger partial charge in [-0.2, -0.15) is 0 Å². The molecule has 5 amide bonds. The highest BCUT2D eigenvalue weighted by molar-refractivity contribution is 6.16. The first-order valence-electron chi connectivity index (χ1n) is 12.6. The minimum absolute atomic E-state index is 0.168. The molecule has 1 fully saturated rings. The Balaban J connectivity index is 1.71. The van der Waals surface area contributed by atoms with Crippen LogP contribution >= 0.6 is 0 Å².